The number of amides is 1. The molecule has 2 heterocycles. The van der Waals surface area contributed by atoms with E-state index in [1.54, 1.807) is 30.1 Å². The van der Waals surface area contributed by atoms with E-state index in [9.17, 15) is 9.59 Å². The molecule has 0 spiro atoms. The molecule has 0 aliphatic carbocycles. The third kappa shape index (κ3) is 4.41. The van der Waals surface area contributed by atoms with E-state index >= 15 is 0 Å². The van der Waals surface area contributed by atoms with Gasteiger partial charge in [-0.15, -0.1) is 0 Å². The quantitative estimate of drug-likeness (QED) is 0.510. The zero-order chi connectivity index (χ0) is 21.1. The summed E-state index contributed by atoms with van der Waals surface area (Å²) in [5, 5.41) is 5.44. The van der Waals surface area contributed by atoms with Crippen molar-refractivity contribution >= 4 is 28.4 Å². The van der Waals surface area contributed by atoms with Gasteiger partial charge in [0, 0.05) is 37.0 Å². The molecule has 4 aromatic rings. The number of para-hydroxylation sites is 1. The molecular formula is C22H19ClN4O3. The van der Waals surface area contributed by atoms with E-state index in [-0.39, 0.29) is 23.7 Å². The molecule has 8 heteroatoms. The summed E-state index contributed by atoms with van der Waals surface area (Å²) in [5.41, 5.74) is 1.77. The highest BCUT2D eigenvalue weighted by atomic mass is 35.5. The second-order valence-electron chi connectivity index (χ2n) is 6.99. The maximum atomic E-state index is 12.4. The van der Waals surface area contributed by atoms with Crippen molar-refractivity contribution in [3.8, 4) is 11.4 Å². The molecule has 0 atom stereocenters. The minimum atomic E-state index is -0.292. The van der Waals surface area contributed by atoms with Gasteiger partial charge in [-0.3, -0.25) is 9.59 Å². The topological polar surface area (TPSA) is 92.1 Å². The Hall–Kier alpha value is -3.45. The molecule has 0 bridgehead atoms. The predicted molar refractivity (Wildman–Crippen MR) is 114 cm³/mol. The number of hydrogen-bond donors (Lipinski definition) is 1. The molecule has 1 amide bonds. The van der Waals surface area contributed by atoms with E-state index in [0.717, 1.165) is 16.5 Å². The van der Waals surface area contributed by atoms with Crippen molar-refractivity contribution in [1.82, 2.24) is 20.0 Å². The number of benzene rings is 2. The zero-order valence-corrected chi connectivity index (χ0v) is 17.0. The highest BCUT2D eigenvalue weighted by molar-refractivity contribution is 6.30. The highest BCUT2D eigenvalue weighted by Crippen LogP contribution is 2.18. The molecule has 0 saturated carbocycles. The molecule has 152 valence electrons. The number of nitrogens with one attached hydrogen (secondary N) is 1. The molecule has 0 radical (unpaired) electrons. The summed E-state index contributed by atoms with van der Waals surface area (Å²) >= 11 is 5.89. The molecule has 0 fully saturated rings. The standard InChI is InChI=1S/C22H19ClN4O3/c1-27(13-14-6-8-16(23)9-7-14)20(28)11-10-19-25-21(26-30-19)17-12-15-4-2-3-5-18(15)24-22(17)29/h2-9,12H,10-11,13H2,1H3,(H,24,29). The Morgan fingerprint density at radius 3 is 2.73 bits per heavy atom. The molecular weight excluding hydrogens is 404 g/mol. The molecule has 0 aliphatic rings. The fourth-order valence-electron chi connectivity index (χ4n) is 3.14. The maximum Gasteiger partial charge on any atom is 0.259 e. The summed E-state index contributed by atoms with van der Waals surface area (Å²) in [6.45, 7) is 0.484. The lowest BCUT2D eigenvalue weighted by Crippen LogP contribution is -2.26. The Balaban J connectivity index is 1.41. The summed E-state index contributed by atoms with van der Waals surface area (Å²) in [5.74, 6) is 0.470. The average molecular weight is 423 g/mol. The number of hydrogen-bond acceptors (Lipinski definition) is 5. The number of aryl methyl sites for hydroxylation is 1. The lowest BCUT2D eigenvalue weighted by Gasteiger charge is -2.16. The van der Waals surface area contributed by atoms with Crippen LogP contribution in [0.3, 0.4) is 0 Å². The van der Waals surface area contributed by atoms with Gasteiger partial charge < -0.3 is 14.4 Å². The Morgan fingerprint density at radius 2 is 1.93 bits per heavy atom. The molecule has 4 rings (SSSR count). The van der Waals surface area contributed by atoms with E-state index in [0.29, 0.717) is 29.4 Å². The fraction of sp³-hybridized carbons (Fsp3) is 0.182. The summed E-state index contributed by atoms with van der Waals surface area (Å²) in [7, 11) is 1.74. The number of rotatable bonds is 6. The normalized spacial score (nSPS) is 11.0. The first-order valence-corrected chi connectivity index (χ1v) is 9.81. The van der Waals surface area contributed by atoms with Gasteiger partial charge in [-0.25, -0.2) is 0 Å². The van der Waals surface area contributed by atoms with Crippen molar-refractivity contribution in [1.29, 1.82) is 0 Å². The van der Waals surface area contributed by atoms with Gasteiger partial charge in [0.2, 0.25) is 17.6 Å². The highest BCUT2D eigenvalue weighted by Gasteiger charge is 2.16. The Labute approximate surface area is 177 Å². The van der Waals surface area contributed by atoms with Gasteiger partial charge in [-0.05, 0) is 35.2 Å². The van der Waals surface area contributed by atoms with Gasteiger partial charge in [0.25, 0.3) is 5.56 Å². The maximum absolute atomic E-state index is 12.4. The number of halogens is 1. The number of pyridine rings is 1. The van der Waals surface area contributed by atoms with Crippen molar-refractivity contribution in [2.24, 2.45) is 0 Å². The monoisotopic (exact) mass is 422 g/mol. The van der Waals surface area contributed by atoms with Gasteiger partial charge >= 0.3 is 0 Å². The second-order valence-corrected chi connectivity index (χ2v) is 7.42. The molecule has 2 aromatic carbocycles. The van der Waals surface area contributed by atoms with Gasteiger partial charge in [0.1, 0.15) is 0 Å². The minimum absolute atomic E-state index is 0.0479. The van der Waals surface area contributed by atoms with Crippen molar-refractivity contribution in [2.75, 3.05) is 7.05 Å². The third-order valence-corrected chi connectivity index (χ3v) is 5.03. The first kappa shape index (κ1) is 19.8. The molecule has 30 heavy (non-hydrogen) atoms. The predicted octanol–water partition coefficient (Wildman–Crippen LogP) is 3.82. The third-order valence-electron chi connectivity index (χ3n) is 4.77. The van der Waals surface area contributed by atoms with Crippen LogP contribution in [-0.2, 0) is 17.8 Å². The zero-order valence-electron chi connectivity index (χ0n) is 16.3. The Bertz CT molecular complexity index is 1250. The van der Waals surface area contributed by atoms with Crippen LogP contribution < -0.4 is 5.56 Å². The van der Waals surface area contributed by atoms with Gasteiger partial charge in [-0.1, -0.05) is 47.1 Å². The van der Waals surface area contributed by atoms with E-state index in [1.165, 1.54) is 0 Å². The SMILES string of the molecule is CN(Cc1ccc(Cl)cc1)C(=O)CCc1nc(-c2cc3ccccc3[nH]c2=O)no1. The van der Waals surface area contributed by atoms with E-state index in [2.05, 4.69) is 15.1 Å². The molecule has 0 unspecified atom stereocenters. The van der Waals surface area contributed by atoms with Crippen LogP contribution in [0.25, 0.3) is 22.3 Å². The number of nitrogens with zero attached hydrogens (tertiary/aromatic N) is 3. The van der Waals surface area contributed by atoms with Gasteiger partial charge in [0.15, 0.2) is 0 Å². The number of aromatic nitrogens is 3. The van der Waals surface area contributed by atoms with Crippen LogP contribution in [0.1, 0.15) is 17.9 Å². The summed E-state index contributed by atoms with van der Waals surface area (Å²) in [6, 6.07) is 16.6. The number of carbonyl (C=O) groups excluding carboxylic acids is 1. The first-order chi connectivity index (χ1) is 14.5. The van der Waals surface area contributed by atoms with Crippen LogP contribution in [0.15, 0.2) is 63.9 Å². The summed E-state index contributed by atoms with van der Waals surface area (Å²) in [4.78, 5) is 33.5. The molecule has 0 aliphatic heterocycles. The van der Waals surface area contributed by atoms with E-state index in [4.69, 9.17) is 16.1 Å². The number of carbonyl (C=O) groups is 1. The molecule has 7 nitrogen and oxygen atoms in total. The van der Waals surface area contributed by atoms with Gasteiger partial charge in [-0.2, -0.15) is 4.98 Å². The van der Waals surface area contributed by atoms with Crippen molar-refractivity contribution in [3.05, 3.63) is 81.4 Å². The summed E-state index contributed by atoms with van der Waals surface area (Å²) in [6.07, 6.45) is 0.516. The number of aromatic amines is 1. The van der Waals surface area contributed by atoms with Crippen molar-refractivity contribution in [3.63, 3.8) is 0 Å². The van der Waals surface area contributed by atoms with Crippen LogP contribution in [0.5, 0.6) is 0 Å². The lowest BCUT2D eigenvalue weighted by molar-refractivity contribution is -0.130. The fourth-order valence-corrected chi connectivity index (χ4v) is 3.26. The summed E-state index contributed by atoms with van der Waals surface area (Å²) < 4.78 is 5.25. The van der Waals surface area contributed by atoms with Crippen LogP contribution in [0, 0.1) is 0 Å². The lowest BCUT2D eigenvalue weighted by atomic mass is 10.1. The van der Waals surface area contributed by atoms with Crippen molar-refractivity contribution < 1.29 is 9.32 Å². The number of H-pyrrole nitrogens is 1. The largest absolute Gasteiger partial charge is 0.341 e. The Morgan fingerprint density at radius 1 is 1.17 bits per heavy atom. The smallest absolute Gasteiger partial charge is 0.259 e. The van der Waals surface area contributed by atoms with Crippen molar-refractivity contribution in [2.45, 2.75) is 19.4 Å². The second kappa shape index (κ2) is 8.51. The molecule has 1 N–H and O–H groups in total. The van der Waals surface area contributed by atoms with Crippen LogP contribution >= 0.6 is 11.6 Å². The minimum Gasteiger partial charge on any atom is -0.341 e. The van der Waals surface area contributed by atoms with Crippen LogP contribution in [0.2, 0.25) is 5.02 Å². The average Bonchev–Trinajstić information content (AvgIpc) is 3.22. The Kier molecular flexibility index (Phi) is 5.63. The van der Waals surface area contributed by atoms with E-state index in [1.807, 2.05) is 36.4 Å². The van der Waals surface area contributed by atoms with E-state index < -0.39 is 0 Å². The first-order valence-electron chi connectivity index (χ1n) is 9.43. The molecule has 2 aromatic heterocycles. The number of fused-ring (bicyclic) bond motifs is 1. The van der Waals surface area contributed by atoms with Crippen LogP contribution in [0.4, 0.5) is 0 Å². The van der Waals surface area contributed by atoms with Crippen LogP contribution in [-0.4, -0.2) is 33.0 Å². The van der Waals surface area contributed by atoms with Gasteiger partial charge in [0.05, 0.1) is 5.56 Å². The molecule has 0 saturated heterocycles.